The molecular formula is C11H11BrN2O2. The van der Waals surface area contributed by atoms with E-state index in [9.17, 15) is 4.79 Å². The maximum Gasteiger partial charge on any atom is 0.320 e. The lowest BCUT2D eigenvalue weighted by molar-refractivity contribution is -0.138. The van der Waals surface area contributed by atoms with Crippen LogP contribution in [0.15, 0.2) is 28.9 Å². The van der Waals surface area contributed by atoms with Gasteiger partial charge in [0.2, 0.25) is 0 Å². The molecule has 4 nitrogen and oxygen atoms in total. The molecule has 2 rings (SSSR count). The minimum absolute atomic E-state index is 0.305. The number of aromatic nitrogens is 1. The van der Waals surface area contributed by atoms with Gasteiger partial charge in [0.15, 0.2) is 0 Å². The first-order chi connectivity index (χ1) is 7.59. The van der Waals surface area contributed by atoms with Crippen molar-refractivity contribution in [3.8, 4) is 0 Å². The van der Waals surface area contributed by atoms with E-state index in [0.29, 0.717) is 6.42 Å². The molecule has 16 heavy (non-hydrogen) atoms. The first-order valence-electron chi connectivity index (χ1n) is 4.83. The van der Waals surface area contributed by atoms with Crippen LogP contribution < -0.4 is 5.73 Å². The zero-order valence-electron chi connectivity index (χ0n) is 8.40. The summed E-state index contributed by atoms with van der Waals surface area (Å²) in [5, 5.41) is 9.80. The van der Waals surface area contributed by atoms with E-state index in [2.05, 4.69) is 20.9 Å². The molecule has 0 amide bonds. The fourth-order valence-electron chi connectivity index (χ4n) is 1.67. The Morgan fingerprint density at radius 3 is 2.88 bits per heavy atom. The van der Waals surface area contributed by atoms with Gasteiger partial charge in [-0.05, 0) is 27.6 Å². The van der Waals surface area contributed by atoms with Gasteiger partial charge in [-0.15, -0.1) is 0 Å². The lowest BCUT2D eigenvalue weighted by atomic mass is 10.1. The van der Waals surface area contributed by atoms with E-state index < -0.39 is 12.0 Å². The second-order valence-corrected chi connectivity index (χ2v) is 4.40. The second-order valence-electron chi connectivity index (χ2n) is 3.61. The summed E-state index contributed by atoms with van der Waals surface area (Å²) >= 11 is 3.38. The molecular weight excluding hydrogens is 272 g/mol. The number of H-pyrrole nitrogens is 1. The Hall–Kier alpha value is -1.33. The van der Waals surface area contributed by atoms with Crippen molar-refractivity contribution < 1.29 is 9.90 Å². The molecule has 0 radical (unpaired) electrons. The van der Waals surface area contributed by atoms with Crippen LogP contribution >= 0.6 is 15.9 Å². The molecule has 0 aliphatic carbocycles. The summed E-state index contributed by atoms with van der Waals surface area (Å²) in [6, 6.07) is 6.84. The minimum Gasteiger partial charge on any atom is -0.480 e. The van der Waals surface area contributed by atoms with Crippen molar-refractivity contribution in [2.75, 3.05) is 0 Å². The number of aromatic amines is 1. The van der Waals surface area contributed by atoms with E-state index in [0.717, 1.165) is 21.1 Å². The summed E-state index contributed by atoms with van der Waals surface area (Å²) in [5.74, 6) is -0.989. The summed E-state index contributed by atoms with van der Waals surface area (Å²) < 4.78 is 0.797. The van der Waals surface area contributed by atoms with Gasteiger partial charge in [-0.2, -0.15) is 0 Å². The number of carboxylic acid groups (broad SMARTS) is 1. The highest BCUT2D eigenvalue weighted by Gasteiger charge is 2.17. The van der Waals surface area contributed by atoms with Gasteiger partial charge in [-0.3, -0.25) is 4.79 Å². The fourth-order valence-corrected chi connectivity index (χ4v) is 2.26. The molecule has 0 fully saturated rings. The van der Waals surface area contributed by atoms with Crippen LogP contribution in [0.1, 0.15) is 5.56 Å². The number of halogens is 1. The molecule has 0 unspecified atom stereocenters. The van der Waals surface area contributed by atoms with E-state index in [1.807, 2.05) is 24.3 Å². The fraction of sp³-hybridized carbons (Fsp3) is 0.182. The number of benzene rings is 1. The first-order valence-corrected chi connectivity index (χ1v) is 5.62. The van der Waals surface area contributed by atoms with E-state index in [1.165, 1.54) is 0 Å². The Kier molecular flexibility index (Phi) is 2.98. The van der Waals surface area contributed by atoms with Gasteiger partial charge in [-0.1, -0.05) is 18.2 Å². The molecule has 1 atom stereocenters. The van der Waals surface area contributed by atoms with E-state index >= 15 is 0 Å². The Morgan fingerprint density at radius 1 is 1.50 bits per heavy atom. The molecule has 0 saturated carbocycles. The van der Waals surface area contributed by atoms with Crippen molar-refractivity contribution in [1.29, 1.82) is 0 Å². The molecule has 84 valence electrons. The molecule has 0 bridgehead atoms. The SMILES string of the molecule is N[C@H](Cc1c(Br)[nH]c2ccccc12)C(=O)O. The number of para-hydroxylation sites is 1. The van der Waals surface area contributed by atoms with Crippen molar-refractivity contribution in [1.82, 2.24) is 4.98 Å². The minimum atomic E-state index is -0.989. The maximum atomic E-state index is 10.7. The van der Waals surface area contributed by atoms with Gasteiger partial charge in [0, 0.05) is 17.3 Å². The topological polar surface area (TPSA) is 79.1 Å². The maximum absolute atomic E-state index is 10.7. The van der Waals surface area contributed by atoms with Gasteiger partial charge in [0.05, 0.1) is 4.60 Å². The first kappa shape index (κ1) is 11.2. The van der Waals surface area contributed by atoms with Gasteiger partial charge in [0.25, 0.3) is 0 Å². The molecule has 0 spiro atoms. The lowest BCUT2D eigenvalue weighted by Crippen LogP contribution is -2.32. The molecule has 0 aliphatic heterocycles. The highest BCUT2D eigenvalue weighted by atomic mass is 79.9. The third-order valence-corrected chi connectivity index (χ3v) is 3.18. The number of fused-ring (bicyclic) bond motifs is 1. The van der Waals surface area contributed by atoms with Crippen LogP contribution in [-0.4, -0.2) is 22.1 Å². The predicted molar refractivity (Wildman–Crippen MR) is 65.3 cm³/mol. The van der Waals surface area contributed by atoms with E-state index in [-0.39, 0.29) is 0 Å². The molecule has 4 N–H and O–H groups in total. The van der Waals surface area contributed by atoms with Crippen molar-refractivity contribution in [3.63, 3.8) is 0 Å². The molecule has 1 aromatic carbocycles. The van der Waals surface area contributed by atoms with Crippen LogP contribution in [-0.2, 0) is 11.2 Å². The molecule has 0 aliphatic rings. The molecule has 1 heterocycles. The Bertz CT molecular complexity index is 536. The zero-order valence-corrected chi connectivity index (χ0v) is 9.99. The Labute approximate surface area is 101 Å². The number of nitrogens with one attached hydrogen (secondary N) is 1. The Morgan fingerprint density at radius 2 is 2.19 bits per heavy atom. The van der Waals surface area contributed by atoms with Crippen LogP contribution in [0.3, 0.4) is 0 Å². The average Bonchev–Trinajstić information content (AvgIpc) is 2.55. The second kappa shape index (κ2) is 4.27. The van der Waals surface area contributed by atoms with Crippen molar-refractivity contribution >= 4 is 32.8 Å². The monoisotopic (exact) mass is 282 g/mol. The number of nitrogens with two attached hydrogens (primary N) is 1. The highest BCUT2D eigenvalue weighted by Crippen LogP contribution is 2.27. The highest BCUT2D eigenvalue weighted by molar-refractivity contribution is 9.10. The number of aliphatic carboxylic acids is 1. The molecule has 0 saturated heterocycles. The molecule has 5 heteroatoms. The predicted octanol–water partition coefficient (Wildman–Crippen LogP) is 1.88. The largest absolute Gasteiger partial charge is 0.480 e. The summed E-state index contributed by atoms with van der Waals surface area (Å²) in [4.78, 5) is 13.9. The average molecular weight is 283 g/mol. The van der Waals surface area contributed by atoms with Crippen LogP contribution in [0.2, 0.25) is 0 Å². The van der Waals surface area contributed by atoms with Gasteiger partial charge >= 0.3 is 5.97 Å². The Balaban J connectivity index is 2.43. The quantitative estimate of drug-likeness (QED) is 0.804. The number of hydrogen-bond acceptors (Lipinski definition) is 2. The smallest absolute Gasteiger partial charge is 0.320 e. The van der Waals surface area contributed by atoms with Crippen LogP contribution in [0.25, 0.3) is 10.9 Å². The normalized spacial score (nSPS) is 12.9. The van der Waals surface area contributed by atoms with Crippen molar-refractivity contribution in [2.24, 2.45) is 5.73 Å². The van der Waals surface area contributed by atoms with Crippen molar-refractivity contribution in [2.45, 2.75) is 12.5 Å². The third-order valence-electron chi connectivity index (χ3n) is 2.50. The number of rotatable bonds is 3. The number of carbonyl (C=O) groups is 1. The van der Waals surface area contributed by atoms with Gasteiger partial charge in [-0.25, -0.2) is 0 Å². The molecule has 2 aromatic rings. The standard InChI is InChI=1S/C11H11BrN2O2/c12-10-7(5-8(13)11(15)16)6-3-1-2-4-9(6)14-10/h1-4,8,14H,5,13H2,(H,15,16)/t8-/m1/s1. The van der Waals surface area contributed by atoms with Crippen molar-refractivity contribution in [3.05, 3.63) is 34.4 Å². The van der Waals surface area contributed by atoms with Crippen LogP contribution in [0.4, 0.5) is 0 Å². The zero-order chi connectivity index (χ0) is 11.7. The van der Waals surface area contributed by atoms with E-state index in [4.69, 9.17) is 10.8 Å². The summed E-state index contributed by atoms with van der Waals surface area (Å²) in [7, 11) is 0. The van der Waals surface area contributed by atoms with Gasteiger partial charge < -0.3 is 15.8 Å². The number of carboxylic acids is 1. The van der Waals surface area contributed by atoms with Crippen LogP contribution in [0.5, 0.6) is 0 Å². The van der Waals surface area contributed by atoms with E-state index in [1.54, 1.807) is 0 Å². The number of hydrogen-bond donors (Lipinski definition) is 3. The summed E-state index contributed by atoms with van der Waals surface area (Å²) in [6.45, 7) is 0. The molecule has 1 aromatic heterocycles. The van der Waals surface area contributed by atoms with Crippen LogP contribution in [0, 0.1) is 0 Å². The lowest BCUT2D eigenvalue weighted by Gasteiger charge is -2.05. The summed E-state index contributed by atoms with van der Waals surface area (Å²) in [6.07, 6.45) is 0.305. The summed E-state index contributed by atoms with van der Waals surface area (Å²) in [5.41, 5.74) is 7.42. The third kappa shape index (κ3) is 1.96. The van der Waals surface area contributed by atoms with Gasteiger partial charge in [0.1, 0.15) is 6.04 Å².